The molecule has 12 nitrogen and oxygen atoms in total. The van der Waals surface area contributed by atoms with Crippen molar-refractivity contribution >= 4 is 29.9 Å². The first-order valence-corrected chi connectivity index (χ1v) is 13.1. The SMILES string of the molecule is CCC(CC)[C@H](NC(C)=O)[C@H]1C(N=C(N)N)CC(C(=O)OCCCOC(=O)/C=C/c2ccc(O)c(O)c2)[C@H]1O. The van der Waals surface area contributed by atoms with Crippen molar-refractivity contribution in [3.63, 3.8) is 0 Å². The molecule has 0 heterocycles. The molecule has 0 radical (unpaired) electrons. The van der Waals surface area contributed by atoms with Gasteiger partial charge < -0.3 is 41.6 Å². The Bertz CT molecular complexity index is 1050. The van der Waals surface area contributed by atoms with Gasteiger partial charge in [-0.3, -0.25) is 9.59 Å². The van der Waals surface area contributed by atoms with Crippen LogP contribution in [0.15, 0.2) is 29.3 Å². The lowest BCUT2D eigenvalue weighted by Gasteiger charge is -2.35. The number of nitrogens with zero attached hydrogens (tertiary/aromatic N) is 1. The summed E-state index contributed by atoms with van der Waals surface area (Å²) in [7, 11) is 0. The highest BCUT2D eigenvalue weighted by Crippen LogP contribution is 2.40. The van der Waals surface area contributed by atoms with Gasteiger partial charge in [0.05, 0.1) is 31.3 Å². The van der Waals surface area contributed by atoms with Gasteiger partial charge in [0.25, 0.3) is 0 Å². The van der Waals surface area contributed by atoms with E-state index in [4.69, 9.17) is 20.9 Å². The number of guanidine groups is 1. The molecule has 5 atom stereocenters. The molecule has 0 aliphatic heterocycles. The number of rotatable bonds is 13. The van der Waals surface area contributed by atoms with E-state index in [-0.39, 0.29) is 55.3 Å². The van der Waals surface area contributed by atoms with Crippen LogP contribution in [0.5, 0.6) is 11.5 Å². The standard InChI is InChI=1S/C27H40N4O8/c1-4-17(5-2)24(30-15(3)32)23-19(31-27(28)29)14-18(25(23)36)26(37)39-12-6-11-38-22(35)10-8-16-7-9-20(33)21(34)13-16/h7-10,13,17-19,23-25,33-34,36H,4-6,11-12,14H2,1-3H3,(H,30,32)(H4,28,29,31)/b10-8+/t18?,19?,23-,24+,25-/m1/s1. The van der Waals surface area contributed by atoms with E-state index in [1.54, 1.807) is 0 Å². The predicted octanol–water partition coefficient (Wildman–Crippen LogP) is 1.17. The minimum atomic E-state index is -1.13. The molecule has 0 bridgehead atoms. The number of aliphatic hydroxyl groups excluding tert-OH is 1. The molecule has 1 aromatic rings. The van der Waals surface area contributed by atoms with Gasteiger partial charge in [-0.2, -0.15) is 0 Å². The lowest BCUT2D eigenvalue weighted by atomic mass is 9.80. The van der Waals surface area contributed by atoms with Gasteiger partial charge in [-0.05, 0) is 36.1 Å². The van der Waals surface area contributed by atoms with Crippen LogP contribution < -0.4 is 16.8 Å². The summed E-state index contributed by atoms with van der Waals surface area (Å²) in [6.07, 6.45) is 3.34. The van der Waals surface area contributed by atoms with E-state index < -0.39 is 42.0 Å². The molecule has 0 aromatic heterocycles. The minimum Gasteiger partial charge on any atom is -0.504 e. The lowest BCUT2D eigenvalue weighted by molar-refractivity contribution is -0.152. The molecule has 216 valence electrons. The monoisotopic (exact) mass is 548 g/mol. The number of aliphatic hydroxyl groups is 1. The van der Waals surface area contributed by atoms with Crippen LogP contribution >= 0.6 is 0 Å². The molecule has 0 spiro atoms. The number of nitrogens with two attached hydrogens (primary N) is 2. The second-order valence-electron chi connectivity index (χ2n) is 9.60. The number of aromatic hydroxyl groups is 2. The summed E-state index contributed by atoms with van der Waals surface area (Å²) >= 11 is 0. The largest absolute Gasteiger partial charge is 0.504 e. The number of ether oxygens (including phenoxy) is 2. The van der Waals surface area contributed by atoms with Gasteiger partial charge in [-0.1, -0.05) is 32.8 Å². The number of nitrogens with one attached hydrogen (secondary N) is 1. The number of amides is 1. The number of esters is 2. The van der Waals surface area contributed by atoms with Gasteiger partial charge in [-0.25, -0.2) is 9.79 Å². The fourth-order valence-electron chi connectivity index (χ4n) is 5.00. The maximum Gasteiger partial charge on any atom is 0.330 e. The number of phenols is 2. The Balaban J connectivity index is 1.93. The summed E-state index contributed by atoms with van der Waals surface area (Å²) in [6.45, 7) is 5.34. The minimum absolute atomic E-state index is 0.0109. The van der Waals surface area contributed by atoms with Gasteiger partial charge in [0.1, 0.15) is 0 Å². The number of aliphatic imine (C=N–C) groups is 1. The van der Waals surface area contributed by atoms with E-state index in [2.05, 4.69) is 10.3 Å². The summed E-state index contributed by atoms with van der Waals surface area (Å²) in [5.41, 5.74) is 11.7. The highest BCUT2D eigenvalue weighted by atomic mass is 16.5. The number of carbonyl (C=O) groups is 3. The van der Waals surface area contributed by atoms with E-state index in [0.717, 1.165) is 12.8 Å². The molecule has 1 fully saturated rings. The third-order valence-corrected chi connectivity index (χ3v) is 6.89. The second kappa shape index (κ2) is 15.0. The third kappa shape index (κ3) is 9.17. The van der Waals surface area contributed by atoms with E-state index in [1.807, 2.05) is 13.8 Å². The zero-order chi connectivity index (χ0) is 29.1. The first-order chi connectivity index (χ1) is 18.5. The van der Waals surface area contributed by atoms with Crippen LogP contribution in [0.1, 0.15) is 52.0 Å². The molecular weight excluding hydrogens is 508 g/mol. The van der Waals surface area contributed by atoms with Crippen LogP contribution in [-0.4, -0.2) is 70.5 Å². The summed E-state index contributed by atoms with van der Waals surface area (Å²) in [6, 6.07) is 3.09. The molecule has 2 unspecified atom stereocenters. The second-order valence-corrected chi connectivity index (χ2v) is 9.60. The first-order valence-electron chi connectivity index (χ1n) is 13.1. The smallest absolute Gasteiger partial charge is 0.330 e. The van der Waals surface area contributed by atoms with Crippen LogP contribution in [0.2, 0.25) is 0 Å². The van der Waals surface area contributed by atoms with Crippen molar-refractivity contribution in [2.75, 3.05) is 13.2 Å². The number of benzene rings is 1. The number of hydrogen-bond donors (Lipinski definition) is 6. The Morgan fingerprint density at radius 1 is 1.13 bits per heavy atom. The molecule has 1 aromatic carbocycles. The zero-order valence-corrected chi connectivity index (χ0v) is 22.6. The van der Waals surface area contributed by atoms with Crippen molar-refractivity contribution < 1.29 is 39.2 Å². The Hall–Kier alpha value is -3.80. The van der Waals surface area contributed by atoms with Gasteiger partial charge in [0.2, 0.25) is 5.91 Å². The number of phenolic OH excluding ortho intramolecular Hbond substituents is 2. The normalized spacial score (nSPS) is 21.5. The van der Waals surface area contributed by atoms with Crippen molar-refractivity contribution in [1.29, 1.82) is 0 Å². The van der Waals surface area contributed by atoms with E-state index in [1.165, 1.54) is 37.3 Å². The van der Waals surface area contributed by atoms with Gasteiger partial charge >= 0.3 is 11.9 Å². The molecule has 1 aliphatic carbocycles. The molecule has 1 aliphatic rings. The molecular formula is C27H40N4O8. The van der Waals surface area contributed by atoms with Crippen LogP contribution in [0.3, 0.4) is 0 Å². The molecule has 0 saturated heterocycles. The van der Waals surface area contributed by atoms with Crippen LogP contribution in [0.4, 0.5) is 0 Å². The molecule has 2 rings (SSSR count). The van der Waals surface area contributed by atoms with Crippen molar-refractivity contribution in [1.82, 2.24) is 5.32 Å². The molecule has 1 amide bonds. The maximum absolute atomic E-state index is 12.9. The quantitative estimate of drug-likeness (QED) is 0.0518. The summed E-state index contributed by atoms with van der Waals surface area (Å²) in [4.78, 5) is 41.0. The van der Waals surface area contributed by atoms with Crippen LogP contribution in [0, 0.1) is 17.8 Å². The Morgan fingerprint density at radius 2 is 1.79 bits per heavy atom. The van der Waals surface area contributed by atoms with E-state index in [9.17, 15) is 29.7 Å². The average Bonchev–Trinajstić information content (AvgIpc) is 3.18. The fraction of sp³-hybridized carbons (Fsp3) is 0.556. The summed E-state index contributed by atoms with van der Waals surface area (Å²) < 4.78 is 10.4. The Kier molecular flexibility index (Phi) is 12.1. The lowest BCUT2D eigenvalue weighted by Crippen LogP contribution is -2.51. The maximum atomic E-state index is 12.9. The van der Waals surface area contributed by atoms with Crippen LogP contribution in [-0.2, 0) is 23.9 Å². The number of carbonyl (C=O) groups excluding carboxylic acids is 3. The molecule has 12 heteroatoms. The molecule has 1 saturated carbocycles. The molecule has 39 heavy (non-hydrogen) atoms. The van der Waals surface area contributed by atoms with E-state index in [0.29, 0.717) is 5.56 Å². The Morgan fingerprint density at radius 3 is 2.38 bits per heavy atom. The topological polar surface area (TPSA) is 207 Å². The highest BCUT2D eigenvalue weighted by molar-refractivity contribution is 5.87. The van der Waals surface area contributed by atoms with E-state index >= 15 is 0 Å². The third-order valence-electron chi connectivity index (χ3n) is 6.89. The number of hydrogen-bond acceptors (Lipinski definition) is 9. The van der Waals surface area contributed by atoms with Gasteiger partial charge in [0, 0.05) is 31.4 Å². The zero-order valence-electron chi connectivity index (χ0n) is 22.6. The highest BCUT2D eigenvalue weighted by Gasteiger charge is 2.51. The fourth-order valence-corrected chi connectivity index (χ4v) is 5.00. The van der Waals surface area contributed by atoms with Gasteiger partial charge in [0.15, 0.2) is 17.5 Å². The summed E-state index contributed by atoms with van der Waals surface area (Å²) in [5.74, 6) is -3.67. The van der Waals surface area contributed by atoms with Crippen molar-refractivity contribution in [3.05, 3.63) is 29.8 Å². The van der Waals surface area contributed by atoms with Crippen LogP contribution in [0.25, 0.3) is 6.08 Å². The summed E-state index contributed by atoms with van der Waals surface area (Å²) in [5, 5.41) is 32.9. The Labute approximate surface area is 228 Å². The van der Waals surface area contributed by atoms with Crippen molar-refractivity contribution in [2.45, 2.75) is 64.6 Å². The predicted molar refractivity (Wildman–Crippen MR) is 144 cm³/mol. The van der Waals surface area contributed by atoms with Crippen molar-refractivity contribution in [2.24, 2.45) is 34.2 Å². The average molecular weight is 549 g/mol. The molecule has 8 N–H and O–H groups in total. The van der Waals surface area contributed by atoms with Gasteiger partial charge in [-0.15, -0.1) is 0 Å². The first kappa shape index (κ1) is 31.4. The van der Waals surface area contributed by atoms with Crippen molar-refractivity contribution in [3.8, 4) is 11.5 Å².